The van der Waals surface area contributed by atoms with Gasteiger partial charge in [0.05, 0.1) is 12.4 Å². The highest BCUT2D eigenvalue weighted by Crippen LogP contribution is 2.40. The van der Waals surface area contributed by atoms with Gasteiger partial charge < -0.3 is 8.94 Å². The first-order chi connectivity index (χ1) is 11.6. The van der Waals surface area contributed by atoms with E-state index in [1.54, 1.807) is 0 Å². The fraction of sp³-hybridized carbons (Fsp3) is 0.727. The normalized spacial score (nSPS) is 14.1. The average Bonchev–Trinajstić information content (AvgIpc) is 3.13. The number of rotatable bonds is 5. The maximum Gasteiger partial charge on any atom is 0.199 e. The van der Waals surface area contributed by atoms with Crippen molar-refractivity contribution in [2.45, 2.75) is 104 Å². The molecule has 2 heterocycles. The second kappa shape index (κ2) is 6.54. The molecule has 26 heavy (non-hydrogen) atoms. The molecular formula is C22H36N2O2. The van der Waals surface area contributed by atoms with Crippen molar-refractivity contribution in [1.29, 1.82) is 0 Å². The van der Waals surface area contributed by atoms with Gasteiger partial charge in [-0.2, -0.15) is 0 Å². The average molecular weight is 361 g/mol. The summed E-state index contributed by atoms with van der Waals surface area (Å²) >= 11 is 0. The van der Waals surface area contributed by atoms with Crippen molar-refractivity contribution < 1.29 is 8.94 Å². The quantitative estimate of drug-likeness (QED) is 0.628. The van der Waals surface area contributed by atoms with E-state index in [0.29, 0.717) is 0 Å². The van der Waals surface area contributed by atoms with Crippen LogP contribution < -0.4 is 0 Å². The van der Waals surface area contributed by atoms with Crippen LogP contribution in [0, 0.1) is 0 Å². The Bertz CT molecular complexity index is 737. The summed E-state index contributed by atoms with van der Waals surface area (Å²) in [4.78, 5) is 4.50. The monoisotopic (exact) mass is 360 g/mol. The van der Waals surface area contributed by atoms with Crippen molar-refractivity contribution in [2.24, 2.45) is 0 Å². The van der Waals surface area contributed by atoms with Crippen molar-refractivity contribution in [2.75, 3.05) is 0 Å². The molecule has 2 aromatic heterocycles. The zero-order chi connectivity index (χ0) is 20.0. The second-order valence-corrected chi connectivity index (χ2v) is 10.9. The van der Waals surface area contributed by atoms with Crippen LogP contribution in [0.25, 0.3) is 0 Å². The zero-order valence-corrected chi connectivity index (χ0v) is 18.3. The van der Waals surface area contributed by atoms with Gasteiger partial charge in [-0.15, -0.1) is 0 Å². The van der Waals surface area contributed by atoms with Crippen LogP contribution in [0.4, 0.5) is 0 Å². The Morgan fingerprint density at radius 3 is 1.85 bits per heavy atom. The molecule has 0 fully saturated rings. The van der Waals surface area contributed by atoms with Crippen molar-refractivity contribution in [3.63, 3.8) is 0 Å². The zero-order valence-electron chi connectivity index (χ0n) is 18.3. The standard InChI is InChI=1S/C22H36N2O2/c1-19(2,3)17-15(13-24-26-17)21(7,8)11-12-22(9,10)16-14-23-18(25-16)20(4,5)6/h13-14H,11-12H2,1-10H3. The molecule has 0 atom stereocenters. The van der Waals surface area contributed by atoms with Gasteiger partial charge in [0.15, 0.2) is 5.89 Å². The van der Waals surface area contributed by atoms with Gasteiger partial charge in [0.25, 0.3) is 0 Å². The van der Waals surface area contributed by atoms with E-state index in [4.69, 9.17) is 8.94 Å². The van der Waals surface area contributed by atoms with E-state index >= 15 is 0 Å². The molecule has 0 aromatic carbocycles. The third-order valence-electron chi connectivity index (χ3n) is 5.17. The molecule has 4 nitrogen and oxygen atoms in total. The summed E-state index contributed by atoms with van der Waals surface area (Å²) < 4.78 is 11.7. The van der Waals surface area contributed by atoms with Crippen LogP contribution in [0.3, 0.4) is 0 Å². The van der Waals surface area contributed by atoms with Gasteiger partial charge in [-0.3, -0.25) is 0 Å². The van der Waals surface area contributed by atoms with Gasteiger partial charge in [0.2, 0.25) is 0 Å². The highest BCUT2D eigenvalue weighted by molar-refractivity contribution is 5.28. The van der Waals surface area contributed by atoms with Gasteiger partial charge in [-0.05, 0) is 18.3 Å². The molecule has 0 radical (unpaired) electrons. The van der Waals surface area contributed by atoms with Crippen LogP contribution in [0.15, 0.2) is 21.3 Å². The fourth-order valence-electron chi connectivity index (χ4n) is 3.08. The molecule has 2 aromatic rings. The van der Waals surface area contributed by atoms with Crippen LogP contribution in [-0.4, -0.2) is 10.1 Å². The topological polar surface area (TPSA) is 52.1 Å². The highest BCUT2D eigenvalue weighted by atomic mass is 16.5. The molecule has 2 rings (SSSR count). The first-order valence-electron chi connectivity index (χ1n) is 9.57. The lowest BCUT2D eigenvalue weighted by Crippen LogP contribution is -2.26. The summed E-state index contributed by atoms with van der Waals surface area (Å²) in [6, 6.07) is 0. The summed E-state index contributed by atoms with van der Waals surface area (Å²) in [5.74, 6) is 2.74. The third-order valence-corrected chi connectivity index (χ3v) is 5.17. The molecule has 0 saturated heterocycles. The van der Waals surface area contributed by atoms with E-state index in [9.17, 15) is 0 Å². The Morgan fingerprint density at radius 1 is 0.769 bits per heavy atom. The second-order valence-electron chi connectivity index (χ2n) is 10.9. The van der Waals surface area contributed by atoms with Gasteiger partial charge in [0.1, 0.15) is 11.5 Å². The van der Waals surface area contributed by atoms with Crippen LogP contribution in [-0.2, 0) is 21.7 Å². The lowest BCUT2D eigenvalue weighted by atomic mass is 9.72. The summed E-state index contributed by atoms with van der Waals surface area (Å²) in [6.07, 6.45) is 5.79. The van der Waals surface area contributed by atoms with E-state index in [1.165, 1.54) is 5.56 Å². The van der Waals surface area contributed by atoms with Crippen molar-refractivity contribution in [1.82, 2.24) is 10.1 Å². The largest absolute Gasteiger partial charge is 0.445 e. The lowest BCUT2D eigenvalue weighted by Gasteiger charge is -2.31. The van der Waals surface area contributed by atoms with E-state index in [1.807, 2.05) is 12.4 Å². The van der Waals surface area contributed by atoms with Crippen LogP contribution >= 0.6 is 0 Å². The molecule has 0 N–H and O–H groups in total. The number of oxazole rings is 1. The van der Waals surface area contributed by atoms with Crippen LogP contribution in [0.1, 0.15) is 105 Å². The molecule has 0 spiro atoms. The minimum absolute atomic E-state index is 0.0211. The molecule has 146 valence electrons. The number of hydrogen-bond acceptors (Lipinski definition) is 4. The first-order valence-corrected chi connectivity index (χ1v) is 9.57. The molecule has 0 aliphatic carbocycles. The van der Waals surface area contributed by atoms with Gasteiger partial charge in [-0.1, -0.05) is 74.4 Å². The number of nitrogens with zero attached hydrogens (tertiary/aromatic N) is 2. The summed E-state index contributed by atoms with van der Waals surface area (Å²) in [7, 11) is 0. The highest BCUT2D eigenvalue weighted by Gasteiger charge is 2.35. The summed E-state index contributed by atoms with van der Waals surface area (Å²) in [5, 5.41) is 4.08. The smallest absolute Gasteiger partial charge is 0.199 e. The van der Waals surface area contributed by atoms with E-state index in [0.717, 1.165) is 30.3 Å². The maximum absolute atomic E-state index is 6.10. The van der Waals surface area contributed by atoms with Crippen molar-refractivity contribution in [3.8, 4) is 0 Å². The molecule has 0 unspecified atom stereocenters. The van der Waals surface area contributed by atoms with Crippen LogP contribution in [0.2, 0.25) is 0 Å². The number of aromatic nitrogens is 2. The Balaban J connectivity index is 2.18. The Hall–Kier alpha value is -1.58. The van der Waals surface area contributed by atoms with Gasteiger partial charge in [0, 0.05) is 21.8 Å². The Labute approximate surface area is 158 Å². The van der Waals surface area contributed by atoms with Crippen LogP contribution in [0.5, 0.6) is 0 Å². The van der Waals surface area contributed by atoms with Gasteiger partial charge >= 0.3 is 0 Å². The van der Waals surface area contributed by atoms with Gasteiger partial charge in [-0.25, -0.2) is 4.98 Å². The maximum atomic E-state index is 6.10. The third kappa shape index (κ3) is 4.39. The van der Waals surface area contributed by atoms with Crippen molar-refractivity contribution >= 4 is 0 Å². The molecule has 0 bridgehead atoms. The predicted molar refractivity (Wildman–Crippen MR) is 106 cm³/mol. The molecule has 0 aliphatic rings. The first kappa shape index (κ1) is 20.7. The fourth-order valence-corrected chi connectivity index (χ4v) is 3.08. The molecule has 4 heteroatoms. The minimum atomic E-state index is -0.0766. The summed E-state index contributed by atoms with van der Waals surface area (Å²) in [5.41, 5.74) is 0.983. The SMILES string of the molecule is CC(C)(C)c1ncc(C(C)(C)CCC(C)(C)c2cnoc2C(C)(C)C)o1. The minimum Gasteiger partial charge on any atom is -0.445 e. The molecule has 0 aliphatic heterocycles. The van der Waals surface area contributed by atoms with E-state index in [2.05, 4.69) is 79.4 Å². The predicted octanol–water partition coefficient (Wildman–Crippen LogP) is 6.29. The van der Waals surface area contributed by atoms with E-state index < -0.39 is 0 Å². The van der Waals surface area contributed by atoms with Crippen molar-refractivity contribution in [3.05, 3.63) is 35.4 Å². The van der Waals surface area contributed by atoms with E-state index in [-0.39, 0.29) is 21.7 Å². The molecule has 0 amide bonds. The lowest BCUT2D eigenvalue weighted by molar-refractivity contribution is 0.287. The summed E-state index contributed by atoms with van der Waals surface area (Å²) in [6.45, 7) is 21.9. The number of hydrogen-bond donors (Lipinski definition) is 0. The Kier molecular flexibility index (Phi) is 5.22. The Morgan fingerprint density at radius 2 is 1.35 bits per heavy atom. The molecular weight excluding hydrogens is 324 g/mol. The molecule has 0 saturated carbocycles.